The molecule has 0 spiro atoms. The second-order valence-corrected chi connectivity index (χ2v) is 5.59. The first-order chi connectivity index (χ1) is 11.3. The first-order valence-electron chi connectivity index (χ1n) is 6.91. The molecule has 0 atom stereocenters. The molecule has 3 aromatic rings. The predicted octanol–water partition coefficient (Wildman–Crippen LogP) is 3.21. The number of thioether (sulfide) groups is 1. The Hall–Kier alpha value is -2.72. The maximum Gasteiger partial charge on any atom is 0.192 e. The van der Waals surface area contributed by atoms with Crippen LogP contribution in [0.2, 0.25) is 0 Å². The van der Waals surface area contributed by atoms with Crippen molar-refractivity contribution in [3.05, 3.63) is 48.4 Å². The summed E-state index contributed by atoms with van der Waals surface area (Å²) in [6.07, 6.45) is 1.63. The number of aromatic nitrogens is 3. The third-order valence-corrected chi connectivity index (χ3v) is 4.04. The summed E-state index contributed by atoms with van der Waals surface area (Å²) in [5, 5.41) is 18.0. The minimum Gasteiger partial charge on any atom is -0.497 e. The Morgan fingerprint density at radius 2 is 2.22 bits per heavy atom. The summed E-state index contributed by atoms with van der Waals surface area (Å²) in [5.74, 6) is 2.57. The van der Waals surface area contributed by atoms with Crippen LogP contribution < -0.4 is 4.74 Å². The molecule has 0 radical (unpaired) electrons. The number of methoxy groups -OCH3 is 1. The van der Waals surface area contributed by atoms with Gasteiger partial charge in [-0.15, -0.1) is 10.2 Å². The Balaban J connectivity index is 2.01. The third kappa shape index (κ3) is 3.38. The average Bonchev–Trinajstić information content (AvgIpc) is 3.23. The first-order valence-corrected chi connectivity index (χ1v) is 7.90. The fraction of sp³-hybridized carbons (Fsp3) is 0.188. The molecule has 0 aliphatic carbocycles. The van der Waals surface area contributed by atoms with Gasteiger partial charge in [0.05, 0.1) is 31.7 Å². The summed E-state index contributed by atoms with van der Waals surface area (Å²) in [6, 6.07) is 13.5. The number of hydrogen-bond donors (Lipinski definition) is 0. The number of benzene rings is 1. The average molecular weight is 326 g/mol. The van der Waals surface area contributed by atoms with Gasteiger partial charge in [-0.05, 0) is 24.3 Å². The fourth-order valence-electron chi connectivity index (χ4n) is 2.17. The van der Waals surface area contributed by atoms with Gasteiger partial charge < -0.3 is 9.15 Å². The largest absolute Gasteiger partial charge is 0.497 e. The van der Waals surface area contributed by atoms with Crippen LogP contribution in [0.1, 0.15) is 5.76 Å². The summed E-state index contributed by atoms with van der Waals surface area (Å²) in [7, 11) is 1.63. The predicted molar refractivity (Wildman–Crippen MR) is 86.2 cm³/mol. The number of nitrogens with zero attached hydrogens (tertiary/aromatic N) is 4. The maximum atomic E-state index is 8.80. The number of rotatable bonds is 6. The van der Waals surface area contributed by atoms with Gasteiger partial charge in [0.1, 0.15) is 11.5 Å². The number of nitriles is 1. The summed E-state index contributed by atoms with van der Waals surface area (Å²) in [5.41, 5.74) is 0.896. The zero-order valence-electron chi connectivity index (χ0n) is 12.5. The van der Waals surface area contributed by atoms with Gasteiger partial charge in [0.15, 0.2) is 11.0 Å². The van der Waals surface area contributed by atoms with Crippen molar-refractivity contribution in [2.45, 2.75) is 11.7 Å². The van der Waals surface area contributed by atoms with E-state index in [0.717, 1.165) is 17.1 Å². The van der Waals surface area contributed by atoms with Gasteiger partial charge in [0.2, 0.25) is 0 Å². The van der Waals surface area contributed by atoms with Crippen LogP contribution in [0.3, 0.4) is 0 Å². The van der Waals surface area contributed by atoms with Gasteiger partial charge in [-0.1, -0.05) is 23.9 Å². The Morgan fingerprint density at radius 3 is 2.96 bits per heavy atom. The lowest BCUT2D eigenvalue weighted by Gasteiger charge is -2.09. The molecular weight excluding hydrogens is 312 g/mol. The van der Waals surface area contributed by atoms with Crippen LogP contribution in [-0.2, 0) is 6.54 Å². The summed E-state index contributed by atoms with van der Waals surface area (Å²) in [6.45, 7) is 0.500. The molecule has 0 bridgehead atoms. The van der Waals surface area contributed by atoms with Crippen LogP contribution in [0.25, 0.3) is 11.4 Å². The lowest BCUT2D eigenvalue weighted by Crippen LogP contribution is -2.03. The van der Waals surface area contributed by atoms with Gasteiger partial charge in [-0.25, -0.2) is 0 Å². The molecule has 23 heavy (non-hydrogen) atoms. The van der Waals surface area contributed by atoms with Crippen LogP contribution in [-0.4, -0.2) is 27.6 Å². The second-order valence-electron chi connectivity index (χ2n) is 4.65. The Labute approximate surface area is 137 Å². The summed E-state index contributed by atoms with van der Waals surface area (Å²) >= 11 is 1.35. The molecule has 0 N–H and O–H groups in total. The van der Waals surface area contributed by atoms with Crippen molar-refractivity contribution in [2.75, 3.05) is 12.9 Å². The summed E-state index contributed by atoms with van der Waals surface area (Å²) in [4.78, 5) is 0. The van der Waals surface area contributed by atoms with Gasteiger partial charge in [0, 0.05) is 5.56 Å². The van der Waals surface area contributed by atoms with E-state index in [1.165, 1.54) is 11.8 Å². The number of ether oxygens (including phenoxy) is 1. The fourth-order valence-corrected chi connectivity index (χ4v) is 2.77. The van der Waals surface area contributed by atoms with E-state index in [-0.39, 0.29) is 0 Å². The molecule has 116 valence electrons. The lowest BCUT2D eigenvalue weighted by atomic mass is 10.2. The van der Waals surface area contributed by atoms with Crippen molar-refractivity contribution < 1.29 is 9.15 Å². The smallest absolute Gasteiger partial charge is 0.192 e. The Bertz CT molecular complexity index is 821. The molecule has 3 rings (SSSR count). The lowest BCUT2D eigenvalue weighted by molar-refractivity contribution is 0.415. The minimum atomic E-state index is 0.314. The minimum absolute atomic E-state index is 0.314. The molecule has 2 heterocycles. The molecule has 1 aromatic carbocycles. The van der Waals surface area contributed by atoms with Crippen LogP contribution in [0.15, 0.2) is 52.2 Å². The monoisotopic (exact) mass is 326 g/mol. The highest BCUT2D eigenvalue weighted by Crippen LogP contribution is 2.27. The molecule has 0 amide bonds. The highest BCUT2D eigenvalue weighted by atomic mass is 32.2. The van der Waals surface area contributed by atoms with E-state index in [2.05, 4.69) is 16.3 Å². The zero-order chi connectivity index (χ0) is 16.1. The molecule has 7 heteroatoms. The molecule has 0 aliphatic rings. The standard InChI is InChI=1S/C16H14N4O2S/c1-21-13-5-2-4-12(10-13)15-18-19-16(23-9-7-17)20(15)11-14-6-3-8-22-14/h2-6,8,10H,9,11H2,1H3. The Morgan fingerprint density at radius 1 is 1.30 bits per heavy atom. The maximum absolute atomic E-state index is 8.80. The topological polar surface area (TPSA) is 76.9 Å². The van der Waals surface area contributed by atoms with E-state index in [1.807, 2.05) is 41.0 Å². The number of hydrogen-bond acceptors (Lipinski definition) is 6. The van der Waals surface area contributed by atoms with Crippen molar-refractivity contribution in [3.63, 3.8) is 0 Å². The van der Waals surface area contributed by atoms with E-state index in [0.29, 0.717) is 23.3 Å². The Kier molecular flexibility index (Phi) is 4.64. The van der Waals surface area contributed by atoms with Gasteiger partial charge in [0.25, 0.3) is 0 Å². The van der Waals surface area contributed by atoms with Crippen LogP contribution in [0, 0.1) is 11.3 Å². The van der Waals surface area contributed by atoms with E-state index in [9.17, 15) is 0 Å². The third-order valence-electron chi connectivity index (χ3n) is 3.20. The van der Waals surface area contributed by atoms with E-state index >= 15 is 0 Å². The molecule has 6 nitrogen and oxygen atoms in total. The molecule has 0 unspecified atom stereocenters. The van der Waals surface area contributed by atoms with Crippen molar-refractivity contribution in [2.24, 2.45) is 0 Å². The number of furan rings is 1. The highest BCUT2D eigenvalue weighted by molar-refractivity contribution is 7.99. The molecule has 0 saturated heterocycles. The normalized spacial score (nSPS) is 10.4. The molecule has 0 fully saturated rings. The van der Waals surface area contributed by atoms with Crippen LogP contribution in [0.4, 0.5) is 0 Å². The van der Waals surface area contributed by atoms with Crippen molar-refractivity contribution in [1.82, 2.24) is 14.8 Å². The van der Waals surface area contributed by atoms with Gasteiger partial charge >= 0.3 is 0 Å². The first kappa shape index (κ1) is 15.2. The van der Waals surface area contributed by atoms with Crippen LogP contribution >= 0.6 is 11.8 Å². The molecule has 0 saturated carbocycles. The summed E-state index contributed by atoms with van der Waals surface area (Å²) < 4.78 is 12.6. The quantitative estimate of drug-likeness (QED) is 0.647. The molecular formula is C16H14N4O2S. The van der Waals surface area contributed by atoms with E-state index in [4.69, 9.17) is 14.4 Å². The molecule has 2 aromatic heterocycles. The van der Waals surface area contributed by atoms with E-state index < -0.39 is 0 Å². The zero-order valence-corrected chi connectivity index (χ0v) is 13.3. The SMILES string of the molecule is COc1cccc(-c2nnc(SCC#N)n2Cc2ccco2)c1. The van der Waals surface area contributed by atoms with Crippen LogP contribution in [0.5, 0.6) is 5.75 Å². The van der Waals surface area contributed by atoms with E-state index in [1.54, 1.807) is 13.4 Å². The second kappa shape index (κ2) is 7.03. The van der Waals surface area contributed by atoms with Gasteiger partial charge in [-0.3, -0.25) is 4.57 Å². The van der Waals surface area contributed by atoms with Crippen molar-refractivity contribution in [3.8, 4) is 23.2 Å². The van der Waals surface area contributed by atoms with Gasteiger partial charge in [-0.2, -0.15) is 5.26 Å². The molecule has 0 aliphatic heterocycles. The van der Waals surface area contributed by atoms with Crippen molar-refractivity contribution >= 4 is 11.8 Å². The highest BCUT2D eigenvalue weighted by Gasteiger charge is 2.16. The van der Waals surface area contributed by atoms with Crippen molar-refractivity contribution in [1.29, 1.82) is 5.26 Å².